The van der Waals surface area contributed by atoms with Crippen LogP contribution in [0.25, 0.3) is 5.69 Å². The van der Waals surface area contributed by atoms with Gasteiger partial charge in [-0.3, -0.25) is 0 Å². The number of aromatic nitrogens is 4. The lowest BCUT2D eigenvalue weighted by molar-refractivity contribution is 0.290. The molecule has 7 heteroatoms. The third-order valence-electron chi connectivity index (χ3n) is 4.29. The molecule has 0 fully saturated rings. The number of ether oxygens (including phenoxy) is 2. The van der Waals surface area contributed by atoms with Crippen molar-refractivity contribution in [3.05, 3.63) is 58.4 Å². The lowest BCUT2D eigenvalue weighted by atomic mass is 9.86. The molecule has 0 unspecified atom stereocenters. The number of aromatic amines is 1. The highest BCUT2D eigenvalue weighted by molar-refractivity contribution is 5.53. The fourth-order valence-electron chi connectivity index (χ4n) is 3.07. The van der Waals surface area contributed by atoms with E-state index in [2.05, 4.69) is 29.0 Å². The maximum atomic E-state index is 11.8. The lowest BCUT2D eigenvalue weighted by Gasteiger charge is -2.18. The maximum Gasteiger partial charge on any atom is 0.347 e. The Kier molecular flexibility index (Phi) is 3.38. The van der Waals surface area contributed by atoms with Crippen LogP contribution in [0.4, 0.5) is 0 Å². The van der Waals surface area contributed by atoms with Gasteiger partial charge in [0.15, 0.2) is 0 Å². The van der Waals surface area contributed by atoms with Crippen molar-refractivity contribution in [3.63, 3.8) is 0 Å². The lowest BCUT2D eigenvalue weighted by Crippen LogP contribution is -2.19. The van der Waals surface area contributed by atoms with E-state index in [4.69, 9.17) is 9.47 Å². The molecule has 7 nitrogen and oxygen atoms in total. The highest BCUT2D eigenvalue weighted by Crippen LogP contribution is 2.45. The van der Waals surface area contributed by atoms with Crippen molar-refractivity contribution in [2.45, 2.75) is 26.2 Å². The van der Waals surface area contributed by atoms with Crippen LogP contribution in [-0.2, 0) is 5.41 Å². The molecule has 3 heterocycles. The number of hydrogen-bond acceptors (Lipinski definition) is 5. The van der Waals surface area contributed by atoms with Crippen molar-refractivity contribution in [1.82, 2.24) is 19.7 Å². The summed E-state index contributed by atoms with van der Waals surface area (Å²) >= 11 is 0. The van der Waals surface area contributed by atoms with Crippen LogP contribution in [0.1, 0.15) is 25.2 Å². The molecule has 25 heavy (non-hydrogen) atoms. The first kappa shape index (κ1) is 15.4. The van der Waals surface area contributed by atoms with Crippen LogP contribution in [0.5, 0.6) is 17.4 Å². The van der Waals surface area contributed by atoms with E-state index in [0.29, 0.717) is 24.0 Å². The van der Waals surface area contributed by atoms with Gasteiger partial charge in [-0.2, -0.15) is 5.10 Å². The average molecular weight is 338 g/mol. The number of benzene rings is 1. The summed E-state index contributed by atoms with van der Waals surface area (Å²) in [6.45, 7) is 6.61. The van der Waals surface area contributed by atoms with Crippen molar-refractivity contribution in [1.29, 1.82) is 0 Å². The fourth-order valence-corrected chi connectivity index (χ4v) is 3.07. The first-order valence-corrected chi connectivity index (χ1v) is 8.00. The third-order valence-corrected chi connectivity index (χ3v) is 4.29. The Morgan fingerprint density at radius 2 is 2.12 bits per heavy atom. The summed E-state index contributed by atoms with van der Waals surface area (Å²) in [5, 5.41) is 6.30. The quantitative estimate of drug-likeness (QED) is 0.794. The molecule has 128 valence electrons. The van der Waals surface area contributed by atoms with Gasteiger partial charge in [0.1, 0.15) is 17.3 Å². The Hall–Kier alpha value is -3.09. The van der Waals surface area contributed by atoms with Crippen molar-refractivity contribution >= 4 is 0 Å². The first-order valence-electron chi connectivity index (χ1n) is 8.00. The molecule has 0 bridgehead atoms. The molecule has 1 N–H and O–H groups in total. The van der Waals surface area contributed by atoms with E-state index in [9.17, 15) is 4.79 Å². The predicted octanol–water partition coefficient (Wildman–Crippen LogP) is 2.73. The molecule has 1 aromatic carbocycles. The molecular formula is C18H18N4O3. The maximum absolute atomic E-state index is 11.8. The number of nitrogens with zero attached hydrogens (tertiary/aromatic N) is 3. The zero-order valence-electron chi connectivity index (χ0n) is 14.2. The van der Waals surface area contributed by atoms with Gasteiger partial charge >= 0.3 is 5.69 Å². The van der Waals surface area contributed by atoms with Crippen LogP contribution in [0, 0.1) is 6.92 Å². The highest BCUT2D eigenvalue weighted by Gasteiger charge is 2.35. The smallest absolute Gasteiger partial charge is 0.347 e. The highest BCUT2D eigenvalue weighted by atomic mass is 16.5. The molecule has 0 saturated carbocycles. The zero-order chi connectivity index (χ0) is 17.6. The molecule has 4 rings (SSSR count). The van der Waals surface area contributed by atoms with Gasteiger partial charge in [0, 0.05) is 17.0 Å². The van der Waals surface area contributed by atoms with E-state index >= 15 is 0 Å². The van der Waals surface area contributed by atoms with E-state index in [0.717, 1.165) is 17.1 Å². The van der Waals surface area contributed by atoms with Gasteiger partial charge in [-0.1, -0.05) is 19.9 Å². The van der Waals surface area contributed by atoms with Crippen LogP contribution in [-0.4, -0.2) is 26.4 Å². The van der Waals surface area contributed by atoms with Crippen LogP contribution >= 0.6 is 0 Å². The van der Waals surface area contributed by atoms with Gasteiger partial charge in [0.05, 0.1) is 18.5 Å². The van der Waals surface area contributed by atoms with Crippen molar-refractivity contribution in [2.75, 3.05) is 6.61 Å². The number of hydrogen-bond donors (Lipinski definition) is 1. The van der Waals surface area contributed by atoms with Crippen molar-refractivity contribution in [3.8, 4) is 23.1 Å². The number of rotatable bonds is 3. The van der Waals surface area contributed by atoms with Crippen molar-refractivity contribution in [2.24, 2.45) is 0 Å². The summed E-state index contributed by atoms with van der Waals surface area (Å²) < 4.78 is 13.2. The van der Waals surface area contributed by atoms with Crippen LogP contribution < -0.4 is 15.2 Å². The second-order valence-corrected chi connectivity index (χ2v) is 6.67. The SMILES string of the molecule is Cc1n[nH]c(=O)n1-c1ccc(Oc2cccc3c2C(C)(C)CO3)nc1. The van der Waals surface area contributed by atoms with E-state index in [1.807, 2.05) is 18.2 Å². The summed E-state index contributed by atoms with van der Waals surface area (Å²) in [5.41, 5.74) is 1.26. The average Bonchev–Trinajstić information content (AvgIpc) is 3.08. The van der Waals surface area contributed by atoms with Crippen LogP contribution in [0.15, 0.2) is 41.3 Å². The zero-order valence-corrected chi connectivity index (χ0v) is 14.2. The largest absolute Gasteiger partial charge is 0.492 e. The summed E-state index contributed by atoms with van der Waals surface area (Å²) in [6.07, 6.45) is 1.59. The molecule has 0 aliphatic carbocycles. The van der Waals surface area contributed by atoms with E-state index < -0.39 is 0 Å². The van der Waals surface area contributed by atoms with E-state index in [1.165, 1.54) is 4.57 Å². The van der Waals surface area contributed by atoms with Gasteiger partial charge in [0.25, 0.3) is 0 Å². The molecule has 0 spiro atoms. The molecule has 1 aliphatic rings. The summed E-state index contributed by atoms with van der Waals surface area (Å²) in [4.78, 5) is 16.1. The second kappa shape index (κ2) is 5.47. The standard InChI is InChI=1S/C18H18N4O3/c1-11-20-21-17(23)22(11)12-7-8-15(19-9-12)25-14-6-4-5-13-16(14)18(2,3)10-24-13/h4-9H,10H2,1-3H3,(H,21,23). The normalized spacial score (nSPS) is 14.8. The fraction of sp³-hybridized carbons (Fsp3) is 0.278. The number of fused-ring (bicyclic) bond motifs is 1. The van der Waals surface area contributed by atoms with Crippen LogP contribution in [0.2, 0.25) is 0 Å². The number of nitrogens with one attached hydrogen (secondary N) is 1. The molecular weight excluding hydrogens is 320 g/mol. The van der Waals surface area contributed by atoms with Gasteiger partial charge < -0.3 is 9.47 Å². The van der Waals surface area contributed by atoms with Gasteiger partial charge in [-0.15, -0.1) is 0 Å². The Bertz CT molecular complexity index is 986. The predicted molar refractivity (Wildman–Crippen MR) is 91.8 cm³/mol. The summed E-state index contributed by atoms with van der Waals surface area (Å²) in [5.74, 6) is 2.60. The first-order chi connectivity index (χ1) is 12.0. The molecule has 0 atom stereocenters. The summed E-state index contributed by atoms with van der Waals surface area (Å²) in [7, 11) is 0. The van der Waals surface area contributed by atoms with Crippen molar-refractivity contribution < 1.29 is 9.47 Å². The molecule has 0 amide bonds. The number of pyridine rings is 1. The van der Waals surface area contributed by atoms with Crippen LogP contribution in [0.3, 0.4) is 0 Å². The molecule has 0 saturated heterocycles. The third kappa shape index (κ3) is 2.57. The summed E-state index contributed by atoms with van der Waals surface area (Å²) in [6, 6.07) is 9.27. The minimum atomic E-state index is -0.298. The Balaban J connectivity index is 1.66. The minimum Gasteiger partial charge on any atom is -0.492 e. The van der Waals surface area contributed by atoms with E-state index in [-0.39, 0.29) is 11.1 Å². The topological polar surface area (TPSA) is 82.0 Å². The molecule has 2 aromatic heterocycles. The molecule has 0 radical (unpaired) electrons. The monoisotopic (exact) mass is 338 g/mol. The Morgan fingerprint density at radius 3 is 2.80 bits per heavy atom. The molecule has 3 aromatic rings. The van der Waals surface area contributed by atoms with Gasteiger partial charge in [-0.25, -0.2) is 19.4 Å². The number of H-pyrrole nitrogens is 1. The Labute approximate surface area is 144 Å². The van der Waals surface area contributed by atoms with E-state index in [1.54, 1.807) is 25.3 Å². The second-order valence-electron chi connectivity index (χ2n) is 6.67. The van der Waals surface area contributed by atoms with Gasteiger partial charge in [-0.05, 0) is 25.1 Å². The minimum absolute atomic E-state index is 0.118. The van der Waals surface area contributed by atoms with Gasteiger partial charge in [0.2, 0.25) is 5.88 Å². The number of aryl methyl sites for hydroxylation is 1. The molecule has 1 aliphatic heterocycles. The Morgan fingerprint density at radius 1 is 1.28 bits per heavy atom.